The van der Waals surface area contributed by atoms with Gasteiger partial charge in [0.2, 0.25) is 17.8 Å². The molecule has 0 saturated heterocycles. The lowest BCUT2D eigenvalue weighted by atomic mass is 10.3. The van der Waals surface area contributed by atoms with Crippen LogP contribution < -0.4 is 20.7 Å². The van der Waals surface area contributed by atoms with E-state index in [1.165, 1.54) is 31.2 Å². The summed E-state index contributed by atoms with van der Waals surface area (Å²) in [6.45, 7) is 7.41. The molecule has 0 aliphatic heterocycles. The van der Waals surface area contributed by atoms with Crippen LogP contribution in [0.4, 0.5) is 17.3 Å². The molecule has 0 aliphatic rings. The standard InChI is InChI=1S/C23H26N6O4S/c1-5-33-20-10-6-19(7-11-20)27-23(28-22-24-15(2)14-16(3)25-22)29-34(31,32)21-12-8-18(9-13-21)26-17(4)30/h6-14H,5H2,1-4H3,(H,26,30)(H2,24,25,27,28,29). The van der Waals surface area contributed by atoms with Crippen molar-refractivity contribution in [1.82, 2.24) is 9.97 Å². The number of benzene rings is 2. The van der Waals surface area contributed by atoms with Crippen molar-refractivity contribution in [1.29, 1.82) is 0 Å². The minimum atomic E-state index is -4.11. The highest BCUT2D eigenvalue weighted by Gasteiger charge is 2.16. The maximum atomic E-state index is 13.0. The fourth-order valence-corrected chi connectivity index (χ4v) is 3.91. The number of ether oxygens (including phenoxy) is 1. The monoisotopic (exact) mass is 482 g/mol. The van der Waals surface area contributed by atoms with E-state index in [1.54, 1.807) is 30.3 Å². The molecule has 0 unspecified atom stereocenters. The summed E-state index contributed by atoms with van der Waals surface area (Å²) in [6.07, 6.45) is 0. The Hall–Kier alpha value is -3.99. The van der Waals surface area contributed by atoms with Gasteiger partial charge in [-0.2, -0.15) is 8.42 Å². The van der Waals surface area contributed by atoms with E-state index in [4.69, 9.17) is 4.74 Å². The van der Waals surface area contributed by atoms with Crippen molar-refractivity contribution in [2.45, 2.75) is 32.6 Å². The van der Waals surface area contributed by atoms with Crippen LogP contribution in [-0.2, 0) is 14.8 Å². The zero-order valence-electron chi connectivity index (χ0n) is 19.3. The van der Waals surface area contributed by atoms with Crippen LogP contribution in [0.5, 0.6) is 5.75 Å². The zero-order chi connectivity index (χ0) is 24.7. The minimum Gasteiger partial charge on any atom is -0.494 e. The molecule has 3 aromatic rings. The first-order chi connectivity index (χ1) is 16.1. The molecule has 2 aromatic carbocycles. The van der Waals surface area contributed by atoms with Crippen LogP contribution in [0.25, 0.3) is 0 Å². The number of carbonyl (C=O) groups excluding carboxylic acids is 1. The largest absolute Gasteiger partial charge is 0.494 e. The number of anilines is 3. The van der Waals surface area contributed by atoms with E-state index in [0.29, 0.717) is 35.1 Å². The van der Waals surface area contributed by atoms with Gasteiger partial charge in [0.05, 0.1) is 11.5 Å². The van der Waals surface area contributed by atoms with E-state index in [1.807, 2.05) is 20.8 Å². The molecule has 3 N–H and O–H groups in total. The summed E-state index contributed by atoms with van der Waals surface area (Å²) < 4.78 is 35.4. The van der Waals surface area contributed by atoms with Crippen LogP contribution in [0.1, 0.15) is 25.2 Å². The Balaban J connectivity index is 1.94. The summed E-state index contributed by atoms with van der Waals surface area (Å²) in [7, 11) is -4.11. The van der Waals surface area contributed by atoms with E-state index in [-0.39, 0.29) is 22.7 Å². The molecule has 11 heteroatoms. The SMILES string of the molecule is CCOc1ccc(NC(=NS(=O)(=O)c2ccc(NC(C)=O)cc2)Nc2nc(C)cc(C)n2)cc1. The highest BCUT2D eigenvalue weighted by molar-refractivity contribution is 7.90. The Morgan fingerprint density at radius 2 is 1.47 bits per heavy atom. The molecule has 0 fully saturated rings. The number of aryl methyl sites for hydroxylation is 2. The van der Waals surface area contributed by atoms with Crippen molar-refractivity contribution in [3.8, 4) is 5.75 Å². The molecule has 1 heterocycles. The second-order valence-corrected chi connectivity index (χ2v) is 8.91. The summed E-state index contributed by atoms with van der Waals surface area (Å²) >= 11 is 0. The smallest absolute Gasteiger partial charge is 0.285 e. The van der Waals surface area contributed by atoms with Crippen molar-refractivity contribution < 1.29 is 17.9 Å². The number of sulfonamides is 1. The lowest BCUT2D eigenvalue weighted by Crippen LogP contribution is -2.25. The van der Waals surface area contributed by atoms with Gasteiger partial charge in [-0.25, -0.2) is 9.97 Å². The predicted octanol–water partition coefficient (Wildman–Crippen LogP) is 3.72. The van der Waals surface area contributed by atoms with E-state index in [0.717, 1.165) is 0 Å². The van der Waals surface area contributed by atoms with E-state index < -0.39 is 10.0 Å². The Bertz CT molecular complexity index is 1270. The molecule has 178 valence electrons. The first-order valence-corrected chi connectivity index (χ1v) is 11.9. The third-order valence-electron chi connectivity index (χ3n) is 4.32. The molecular weight excluding hydrogens is 456 g/mol. The Labute approximate surface area is 198 Å². The van der Waals surface area contributed by atoms with Gasteiger partial charge in [-0.05, 0) is 75.4 Å². The van der Waals surface area contributed by atoms with Gasteiger partial charge in [-0.15, -0.1) is 4.40 Å². The zero-order valence-corrected chi connectivity index (χ0v) is 20.1. The summed E-state index contributed by atoms with van der Waals surface area (Å²) in [4.78, 5) is 19.8. The quantitative estimate of drug-likeness (QED) is 0.343. The molecule has 0 aliphatic carbocycles. The van der Waals surface area contributed by atoms with Crippen LogP contribution in [-0.4, -0.2) is 36.9 Å². The van der Waals surface area contributed by atoms with Crippen LogP contribution in [0.3, 0.4) is 0 Å². The van der Waals surface area contributed by atoms with Gasteiger partial charge in [0.15, 0.2) is 0 Å². The van der Waals surface area contributed by atoms with Gasteiger partial charge in [0, 0.05) is 29.7 Å². The van der Waals surface area contributed by atoms with E-state index in [9.17, 15) is 13.2 Å². The third-order valence-corrected chi connectivity index (χ3v) is 5.62. The average molecular weight is 483 g/mol. The molecule has 34 heavy (non-hydrogen) atoms. The molecule has 1 amide bonds. The summed E-state index contributed by atoms with van der Waals surface area (Å²) in [5.74, 6) is 0.545. The van der Waals surface area contributed by atoms with Crippen LogP contribution in [0.2, 0.25) is 0 Å². The Morgan fingerprint density at radius 3 is 2.03 bits per heavy atom. The van der Waals surface area contributed by atoms with Gasteiger partial charge in [-0.3, -0.25) is 10.1 Å². The summed E-state index contributed by atoms with van der Waals surface area (Å²) in [5, 5.41) is 8.42. The Kier molecular flexibility index (Phi) is 7.79. The van der Waals surface area contributed by atoms with Crippen molar-refractivity contribution in [2.24, 2.45) is 4.40 Å². The number of nitrogens with zero attached hydrogens (tertiary/aromatic N) is 3. The second-order valence-electron chi connectivity index (χ2n) is 7.30. The lowest BCUT2D eigenvalue weighted by molar-refractivity contribution is -0.114. The second kappa shape index (κ2) is 10.8. The van der Waals surface area contributed by atoms with Crippen molar-refractivity contribution >= 4 is 39.2 Å². The molecule has 0 spiro atoms. The lowest BCUT2D eigenvalue weighted by Gasteiger charge is -2.13. The number of amides is 1. The molecule has 10 nitrogen and oxygen atoms in total. The maximum absolute atomic E-state index is 13.0. The average Bonchev–Trinajstić information content (AvgIpc) is 2.74. The number of nitrogens with one attached hydrogen (secondary N) is 3. The first kappa shape index (κ1) is 24.6. The molecule has 0 saturated carbocycles. The molecule has 1 aromatic heterocycles. The van der Waals surface area contributed by atoms with Gasteiger partial charge < -0.3 is 15.4 Å². The Morgan fingerprint density at radius 1 is 0.912 bits per heavy atom. The molecule has 0 radical (unpaired) electrons. The fourth-order valence-electron chi connectivity index (χ4n) is 2.99. The van der Waals surface area contributed by atoms with E-state index >= 15 is 0 Å². The number of hydrogen-bond acceptors (Lipinski definition) is 6. The first-order valence-electron chi connectivity index (χ1n) is 10.5. The number of hydrogen-bond donors (Lipinski definition) is 3. The van der Waals surface area contributed by atoms with Crippen molar-refractivity contribution in [2.75, 3.05) is 22.6 Å². The number of carbonyl (C=O) groups is 1. The highest BCUT2D eigenvalue weighted by Crippen LogP contribution is 2.19. The summed E-state index contributed by atoms with van der Waals surface area (Å²) in [5.41, 5.74) is 2.49. The minimum absolute atomic E-state index is 0.0456. The highest BCUT2D eigenvalue weighted by atomic mass is 32.2. The number of rotatable bonds is 7. The normalized spacial score (nSPS) is 11.6. The van der Waals surface area contributed by atoms with Crippen molar-refractivity contribution in [3.05, 3.63) is 66.0 Å². The molecular formula is C23H26N6O4S. The molecule has 0 bridgehead atoms. The van der Waals surface area contributed by atoms with Gasteiger partial charge in [0.1, 0.15) is 5.75 Å². The van der Waals surface area contributed by atoms with Crippen LogP contribution >= 0.6 is 0 Å². The third kappa shape index (κ3) is 7.01. The number of aromatic nitrogens is 2. The van der Waals surface area contributed by atoms with Gasteiger partial charge in [-0.1, -0.05) is 0 Å². The van der Waals surface area contributed by atoms with Crippen molar-refractivity contribution in [3.63, 3.8) is 0 Å². The number of guanidine groups is 1. The van der Waals surface area contributed by atoms with Gasteiger partial charge in [0.25, 0.3) is 10.0 Å². The predicted molar refractivity (Wildman–Crippen MR) is 132 cm³/mol. The van der Waals surface area contributed by atoms with E-state index in [2.05, 4.69) is 30.3 Å². The van der Waals surface area contributed by atoms with Gasteiger partial charge >= 0.3 is 0 Å². The molecule has 0 atom stereocenters. The van der Waals surface area contributed by atoms with Crippen LogP contribution in [0, 0.1) is 13.8 Å². The van der Waals surface area contributed by atoms with Crippen LogP contribution in [0.15, 0.2) is 63.9 Å². The topological polar surface area (TPSA) is 135 Å². The maximum Gasteiger partial charge on any atom is 0.285 e. The summed E-state index contributed by atoms with van der Waals surface area (Å²) in [6, 6.07) is 14.5. The molecule has 3 rings (SSSR count). The fraction of sp³-hybridized carbons (Fsp3) is 0.217.